The fourth-order valence-corrected chi connectivity index (χ4v) is 3.16. The molecule has 1 aromatic rings. The highest BCUT2D eigenvalue weighted by atomic mass is 19.3. The second-order valence-corrected chi connectivity index (χ2v) is 5.98. The molecule has 124 valence electrons. The van der Waals surface area contributed by atoms with Gasteiger partial charge >= 0.3 is 0 Å². The number of Topliss-reactive ketones (excluding diaryl/α,β-unsaturated/α-hetero) is 2. The van der Waals surface area contributed by atoms with E-state index in [0.29, 0.717) is 17.5 Å². The van der Waals surface area contributed by atoms with Crippen molar-refractivity contribution in [3.63, 3.8) is 0 Å². The molecule has 2 nitrogen and oxygen atoms in total. The van der Waals surface area contributed by atoms with E-state index in [1.165, 1.54) is 6.08 Å². The molecule has 0 heterocycles. The molecule has 1 atom stereocenters. The minimum absolute atomic E-state index is 0.231. The van der Waals surface area contributed by atoms with E-state index >= 15 is 0 Å². The van der Waals surface area contributed by atoms with E-state index in [1.54, 1.807) is 24.3 Å². The average molecular weight is 320 g/mol. The predicted molar refractivity (Wildman–Crippen MR) is 86.0 cm³/mol. The normalized spacial score (nSPS) is 16.5. The minimum atomic E-state index is -2.57. The van der Waals surface area contributed by atoms with Crippen LogP contribution in [0.1, 0.15) is 59.7 Å². The second-order valence-electron chi connectivity index (χ2n) is 5.98. The number of ketones is 2. The Hall–Kier alpha value is -1.84. The number of halogens is 2. The van der Waals surface area contributed by atoms with Crippen LogP contribution in [-0.2, 0) is 0 Å². The van der Waals surface area contributed by atoms with E-state index in [1.807, 2.05) is 0 Å². The molecule has 0 spiro atoms. The van der Waals surface area contributed by atoms with Gasteiger partial charge in [0.05, 0.1) is 5.92 Å². The van der Waals surface area contributed by atoms with Gasteiger partial charge in [-0.2, -0.15) is 0 Å². The number of rotatable bonds is 8. The number of allylic oxidation sites excluding steroid dienone is 2. The van der Waals surface area contributed by atoms with Gasteiger partial charge in [-0.1, -0.05) is 62.9 Å². The van der Waals surface area contributed by atoms with Gasteiger partial charge in [0.2, 0.25) is 0 Å². The fourth-order valence-electron chi connectivity index (χ4n) is 3.16. The molecule has 0 aliphatic heterocycles. The first kappa shape index (κ1) is 17.5. The second kappa shape index (κ2) is 8.14. The molecule has 0 bridgehead atoms. The van der Waals surface area contributed by atoms with Crippen molar-refractivity contribution in [2.75, 3.05) is 0 Å². The van der Waals surface area contributed by atoms with Crippen molar-refractivity contribution in [1.82, 2.24) is 0 Å². The van der Waals surface area contributed by atoms with E-state index < -0.39 is 18.3 Å². The van der Waals surface area contributed by atoms with Crippen LogP contribution >= 0.6 is 0 Å². The summed E-state index contributed by atoms with van der Waals surface area (Å²) in [6.07, 6.45) is 4.14. The van der Waals surface area contributed by atoms with Gasteiger partial charge < -0.3 is 0 Å². The molecule has 0 fully saturated rings. The number of unbranched alkanes of at least 4 members (excludes halogenated alkanes) is 3. The lowest BCUT2D eigenvalue weighted by Gasteiger charge is -2.18. The van der Waals surface area contributed by atoms with E-state index in [4.69, 9.17) is 0 Å². The number of carbonyl (C=O) groups excluding carboxylic acids is 2. The molecule has 23 heavy (non-hydrogen) atoms. The first-order chi connectivity index (χ1) is 11.1. The Kier molecular flexibility index (Phi) is 6.20. The van der Waals surface area contributed by atoms with E-state index in [0.717, 1.165) is 31.8 Å². The Morgan fingerprint density at radius 1 is 1.00 bits per heavy atom. The lowest BCUT2D eigenvalue weighted by Crippen LogP contribution is -2.24. The molecule has 1 aromatic carbocycles. The maximum absolute atomic E-state index is 12.5. The molecule has 1 unspecified atom stereocenters. The molecule has 0 saturated carbocycles. The molecule has 0 amide bonds. The summed E-state index contributed by atoms with van der Waals surface area (Å²) < 4.78 is 25.1. The van der Waals surface area contributed by atoms with E-state index in [-0.39, 0.29) is 11.6 Å². The quantitative estimate of drug-likeness (QED) is 0.380. The molecule has 0 radical (unpaired) electrons. The molecular weight excluding hydrogens is 298 g/mol. The van der Waals surface area contributed by atoms with Crippen molar-refractivity contribution >= 4 is 11.6 Å². The molecule has 0 aromatic heterocycles. The summed E-state index contributed by atoms with van der Waals surface area (Å²) in [4.78, 5) is 25.1. The molecular formula is C19H22F2O2. The van der Waals surface area contributed by atoms with Crippen molar-refractivity contribution in [3.8, 4) is 0 Å². The van der Waals surface area contributed by atoms with Crippen LogP contribution in [0.5, 0.6) is 0 Å². The number of alkyl halides is 2. The zero-order valence-electron chi connectivity index (χ0n) is 13.3. The van der Waals surface area contributed by atoms with E-state index in [2.05, 4.69) is 6.92 Å². The van der Waals surface area contributed by atoms with Gasteiger partial charge in [0, 0.05) is 11.1 Å². The maximum Gasteiger partial charge on any atom is 0.257 e. The Balaban J connectivity index is 2.18. The fraction of sp³-hybridized carbons (Fsp3) is 0.474. The molecule has 4 heteroatoms. The standard InChI is InChI=1S/C19H22F2O2/c1-2-3-4-5-8-13(11-12-16(20)21)17-18(22)14-9-6-7-10-15(14)19(17)23/h6-7,9-13,16-17H,2-5,8H2,1H3/b12-11+. The van der Waals surface area contributed by atoms with Crippen molar-refractivity contribution in [2.24, 2.45) is 11.8 Å². The Bertz CT molecular complexity index is 558. The third-order valence-corrected chi connectivity index (χ3v) is 4.35. The van der Waals surface area contributed by atoms with Gasteiger partial charge in [0.15, 0.2) is 11.6 Å². The predicted octanol–water partition coefficient (Wildman–Crippen LogP) is 5.09. The number of hydrogen-bond donors (Lipinski definition) is 0. The highest BCUT2D eigenvalue weighted by Crippen LogP contribution is 2.34. The highest BCUT2D eigenvalue weighted by Gasteiger charge is 2.41. The summed E-state index contributed by atoms with van der Waals surface area (Å²) in [5.41, 5.74) is 0.845. The molecule has 0 N–H and O–H groups in total. The van der Waals surface area contributed by atoms with Gasteiger partial charge in [-0.15, -0.1) is 0 Å². The first-order valence-electron chi connectivity index (χ1n) is 8.20. The van der Waals surface area contributed by atoms with Crippen LogP contribution < -0.4 is 0 Å². The van der Waals surface area contributed by atoms with Crippen molar-refractivity contribution < 1.29 is 18.4 Å². The monoisotopic (exact) mass is 320 g/mol. The smallest absolute Gasteiger partial charge is 0.257 e. The van der Waals surface area contributed by atoms with Gasteiger partial charge in [-0.3, -0.25) is 9.59 Å². The lowest BCUT2D eigenvalue weighted by molar-refractivity contribution is 0.0797. The summed E-state index contributed by atoms with van der Waals surface area (Å²) in [7, 11) is 0. The molecule has 0 saturated heterocycles. The van der Waals surface area contributed by atoms with Crippen molar-refractivity contribution in [1.29, 1.82) is 0 Å². The largest absolute Gasteiger partial charge is 0.293 e. The van der Waals surface area contributed by atoms with Gasteiger partial charge in [0.1, 0.15) is 0 Å². The van der Waals surface area contributed by atoms with Crippen LogP contribution in [0.2, 0.25) is 0 Å². The lowest BCUT2D eigenvalue weighted by atomic mass is 9.84. The molecule has 1 aliphatic rings. The third kappa shape index (κ3) is 4.12. The van der Waals surface area contributed by atoms with Gasteiger partial charge in [0.25, 0.3) is 6.43 Å². The van der Waals surface area contributed by atoms with Gasteiger partial charge in [-0.05, 0) is 18.4 Å². The number of hydrogen-bond acceptors (Lipinski definition) is 2. The number of carbonyl (C=O) groups is 2. The molecule has 1 aliphatic carbocycles. The van der Waals surface area contributed by atoms with Crippen LogP contribution in [-0.4, -0.2) is 18.0 Å². The topological polar surface area (TPSA) is 34.1 Å². The Morgan fingerprint density at radius 3 is 2.13 bits per heavy atom. The number of fused-ring (bicyclic) bond motifs is 1. The van der Waals surface area contributed by atoms with Crippen LogP contribution in [0.15, 0.2) is 36.4 Å². The first-order valence-corrected chi connectivity index (χ1v) is 8.20. The zero-order valence-corrected chi connectivity index (χ0v) is 13.3. The van der Waals surface area contributed by atoms with Crippen LogP contribution in [0.4, 0.5) is 8.78 Å². The summed E-state index contributed by atoms with van der Waals surface area (Å²) >= 11 is 0. The maximum atomic E-state index is 12.5. The summed E-state index contributed by atoms with van der Waals surface area (Å²) in [5, 5.41) is 0. The average Bonchev–Trinajstić information content (AvgIpc) is 2.79. The highest BCUT2D eigenvalue weighted by molar-refractivity contribution is 6.26. The number of benzene rings is 1. The summed E-state index contributed by atoms with van der Waals surface area (Å²) in [5.74, 6) is -1.76. The Labute approximate surface area is 135 Å². The SMILES string of the molecule is CCCCCCC(/C=C/C(F)F)C1C(=O)c2ccccc2C1=O. The van der Waals surface area contributed by atoms with E-state index in [9.17, 15) is 18.4 Å². The van der Waals surface area contributed by atoms with Crippen LogP contribution in [0.25, 0.3) is 0 Å². The summed E-state index contributed by atoms with van der Waals surface area (Å²) in [6, 6.07) is 6.72. The molecule has 2 rings (SSSR count). The Morgan fingerprint density at radius 2 is 1.61 bits per heavy atom. The van der Waals surface area contributed by atoms with Crippen LogP contribution in [0, 0.1) is 11.8 Å². The van der Waals surface area contributed by atoms with Crippen LogP contribution in [0.3, 0.4) is 0 Å². The summed E-state index contributed by atoms with van der Waals surface area (Å²) in [6.45, 7) is 2.09. The van der Waals surface area contributed by atoms with Gasteiger partial charge in [-0.25, -0.2) is 8.78 Å². The minimum Gasteiger partial charge on any atom is -0.293 e. The third-order valence-electron chi connectivity index (χ3n) is 4.35. The van der Waals surface area contributed by atoms with Crippen molar-refractivity contribution in [3.05, 3.63) is 47.5 Å². The van der Waals surface area contributed by atoms with Crippen molar-refractivity contribution in [2.45, 2.75) is 45.5 Å². The zero-order chi connectivity index (χ0) is 16.8.